The van der Waals surface area contributed by atoms with Gasteiger partial charge in [0, 0.05) is 24.2 Å². The minimum absolute atomic E-state index is 0.0808. The molecule has 1 saturated heterocycles. The van der Waals surface area contributed by atoms with Gasteiger partial charge in [-0.25, -0.2) is 8.42 Å². The van der Waals surface area contributed by atoms with E-state index in [0.29, 0.717) is 18.1 Å². The molecule has 3 N–H and O–H groups in total. The Hall–Kier alpha value is -1.15. The fraction of sp³-hybridized carbons (Fsp3) is 0.500. The molecule has 0 bridgehead atoms. The molecule has 0 saturated carbocycles. The van der Waals surface area contributed by atoms with Crippen molar-refractivity contribution in [1.29, 1.82) is 0 Å². The van der Waals surface area contributed by atoms with E-state index in [9.17, 15) is 13.2 Å². The van der Waals surface area contributed by atoms with Gasteiger partial charge in [-0.05, 0) is 44.0 Å². The number of hydrogen-bond donors (Lipinski definition) is 2. The maximum atomic E-state index is 12.3. The van der Waals surface area contributed by atoms with E-state index >= 15 is 0 Å². The zero-order valence-corrected chi connectivity index (χ0v) is 13.9. The van der Waals surface area contributed by atoms with Crippen LogP contribution >= 0.6 is 11.6 Å². The number of amides is 1. The highest BCUT2D eigenvalue weighted by molar-refractivity contribution is 7.89. The normalized spacial score (nSPS) is 18.2. The maximum absolute atomic E-state index is 12.3. The van der Waals surface area contributed by atoms with E-state index in [1.807, 2.05) is 0 Å². The number of nitrogens with one attached hydrogen (secondary N) is 1. The van der Waals surface area contributed by atoms with E-state index in [0.717, 1.165) is 12.8 Å². The third kappa shape index (κ3) is 4.19. The van der Waals surface area contributed by atoms with Crippen LogP contribution in [0.5, 0.6) is 0 Å². The van der Waals surface area contributed by atoms with Gasteiger partial charge in [-0.15, -0.1) is 0 Å². The summed E-state index contributed by atoms with van der Waals surface area (Å²) in [5.41, 5.74) is 5.80. The van der Waals surface area contributed by atoms with Gasteiger partial charge >= 0.3 is 0 Å². The van der Waals surface area contributed by atoms with Crippen LogP contribution in [0.15, 0.2) is 29.2 Å². The smallest absolute Gasteiger partial charge is 0.241 e. The fourth-order valence-corrected chi connectivity index (χ4v) is 3.68. The number of carbonyl (C=O) groups excluding carboxylic acids is 1. The summed E-state index contributed by atoms with van der Waals surface area (Å²) in [5.74, 6) is -0.232. The predicted molar refractivity (Wildman–Crippen MR) is 85.0 cm³/mol. The summed E-state index contributed by atoms with van der Waals surface area (Å²) < 4.78 is 26.9. The molecular formula is C14H20ClN3O3S. The van der Waals surface area contributed by atoms with Crippen LogP contribution in [0.4, 0.5) is 0 Å². The molecule has 1 aliphatic rings. The first-order valence-electron chi connectivity index (χ1n) is 7.12. The Bertz CT molecular complexity index is 625. The molecule has 1 fully saturated rings. The summed E-state index contributed by atoms with van der Waals surface area (Å²) in [6.07, 6.45) is 1.48. The lowest BCUT2D eigenvalue weighted by Crippen LogP contribution is -2.50. The zero-order chi connectivity index (χ0) is 16.3. The van der Waals surface area contributed by atoms with Crippen LogP contribution in [0.3, 0.4) is 0 Å². The molecule has 0 aromatic heterocycles. The number of carbonyl (C=O) groups is 1. The van der Waals surface area contributed by atoms with Crippen molar-refractivity contribution in [3.8, 4) is 0 Å². The molecular weight excluding hydrogens is 326 g/mol. The molecule has 22 heavy (non-hydrogen) atoms. The van der Waals surface area contributed by atoms with Gasteiger partial charge in [-0.3, -0.25) is 4.79 Å². The summed E-state index contributed by atoms with van der Waals surface area (Å²) in [4.78, 5) is 14.0. The quantitative estimate of drug-likeness (QED) is 0.850. The van der Waals surface area contributed by atoms with Gasteiger partial charge in [0.25, 0.3) is 0 Å². The van der Waals surface area contributed by atoms with Crippen LogP contribution in [0.1, 0.15) is 19.8 Å². The van der Waals surface area contributed by atoms with Gasteiger partial charge in [0.15, 0.2) is 0 Å². The van der Waals surface area contributed by atoms with Crippen molar-refractivity contribution >= 4 is 27.5 Å². The Morgan fingerprint density at radius 3 is 2.41 bits per heavy atom. The Labute approximate surface area is 135 Å². The number of nitrogens with two attached hydrogens (primary N) is 1. The van der Waals surface area contributed by atoms with Gasteiger partial charge in [-0.2, -0.15) is 4.72 Å². The molecule has 122 valence electrons. The molecule has 6 nitrogen and oxygen atoms in total. The van der Waals surface area contributed by atoms with Crippen LogP contribution < -0.4 is 10.5 Å². The van der Waals surface area contributed by atoms with Crippen LogP contribution in [0.25, 0.3) is 0 Å². The van der Waals surface area contributed by atoms with E-state index in [-0.39, 0.29) is 16.8 Å². The van der Waals surface area contributed by atoms with Gasteiger partial charge in [0.1, 0.15) is 0 Å². The number of hydrogen-bond acceptors (Lipinski definition) is 4. The highest BCUT2D eigenvalue weighted by Gasteiger charge is 2.28. The molecule has 1 unspecified atom stereocenters. The molecule has 1 aromatic carbocycles. The largest absolute Gasteiger partial charge is 0.341 e. The Morgan fingerprint density at radius 2 is 1.86 bits per heavy atom. The lowest BCUT2D eigenvalue weighted by atomic mass is 10.1. The topological polar surface area (TPSA) is 92.5 Å². The standard InChI is InChI=1S/C14H20ClN3O3S/c1-10(14(19)18-8-6-12(16)7-9-18)17-22(20,21)13-4-2-11(15)3-5-13/h2-5,10,12,17H,6-9,16H2,1H3. The van der Waals surface area contributed by atoms with E-state index < -0.39 is 16.1 Å². The number of benzene rings is 1. The van der Waals surface area contributed by atoms with E-state index in [1.165, 1.54) is 24.3 Å². The average molecular weight is 346 g/mol. The number of rotatable bonds is 4. The van der Waals surface area contributed by atoms with Crippen LogP contribution in [-0.2, 0) is 14.8 Å². The lowest BCUT2D eigenvalue weighted by molar-refractivity contribution is -0.133. The fourth-order valence-electron chi connectivity index (χ4n) is 2.36. The number of piperidine rings is 1. The SMILES string of the molecule is CC(NS(=O)(=O)c1ccc(Cl)cc1)C(=O)N1CCC(N)CC1. The molecule has 1 heterocycles. The lowest BCUT2D eigenvalue weighted by Gasteiger charge is -2.32. The Morgan fingerprint density at radius 1 is 1.32 bits per heavy atom. The van der Waals surface area contributed by atoms with Crippen molar-refractivity contribution in [3.63, 3.8) is 0 Å². The maximum Gasteiger partial charge on any atom is 0.241 e. The number of halogens is 1. The third-order valence-electron chi connectivity index (χ3n) is 3.68. The second kappa shape index (κ2) is 6.95. The molecule has 1 atom stereocenters. The van der Waals surface area contributed by atoms with Crippen molar-refractivity contribution in [3.05, 3.63) is 29.3 Å². The predicted octanol–water partition coefficient (Wildman–Crippen LogP) is 0.957. The first kappa shape index (κ1) is 17.2. The second-order valence-electron chi connectivity index (χ2n) is 5.46. The van der Waals surface area contributed by atoms with Gasteiger partial charge in [0.2, 0.25) is 15.9 Å². The number of sulfonamides is 1. The van der Waals surface area contributed by atoms with Crippen molar-refractivity contribution < 1.29 is 13.2 Å². The molecule has 2 rings (SSSR count). The Balaban J connectivity index is 2.02. The minimum Gasteiger partial charge on any atom is -0.341 e. The summed E-state index contributed by atoms with van der Waals surface area (Å²) in [6, 6.07) is 5.09. The molecule has 1 amide bonds. The molecule has 1 aliphatic heterocycles. The van der Waals surface area contributed by atoms with Gasteiger partial charge in [-0.1, -0.05) is 11.6 Å². The van der Waals surface area contributed by atoms with E-state index in [2.05, 4.69) is 4.72 Å². The van der Waals surface area contributed by atoms with E-state index in [1.54, 1.807) is 11.8 Å². The van der Waals surface area contributed by atoms with Crippen LogP contribution in [0, 0.1) is 0 Å². The number of nitrogens with zero attached hydrogens (tertiary/aromatic N) is 1. The van der Waals surface area contributed by atoms with Crippen LogP contribution in [-0.4, -0.2) is 44.4 Å². The molecule has 0 spiro atoms. The summed E-state index contributed by atoms with van der Waals surface area (Å²) >= 11 is 5.75. The highest BCUT2D eigenvalue weighted by atomic mass is 35.5. The molecule has 0 aliphatic carbocycles. The molecule has 1 aromatic rings. The monoisotopic (exact) mass is 345 g/mol. The van der Waals surface area contributed by atoms with Crippen molar-refractivity contribution in [1.82, 2.24) is 9.62 Å². The zero-order valence-electron chi connectivity index (χ0n) is 12.3. The first-order valence-corrected chi connectivity index (χ1v) is 8.98. The van der Waals surface area contributed by atoms with E-state index in [4.69, 9.17) is 17.3 Å². The van der Waals surface area contributed by atoms with Gasteiger partial charge < -0.3 is 10.6 Å². The summed E-state index contributed by atoms with van der Waals surface area (Å²) in [6.45, 7) is 2.67. The minimum atomic E-state index is -3.75. The molecule has 8 heteroatoms. The summed E-state index contributed by atoms with van der Waals surface area (Å²) in [5, 5.41) is 0.452. The summed E-state index contributed by atoms with van der Waals surface area (Å²) in [7, 11) is -3.75. The second-order valence-corrected chi connectivity index (χ2v) is 7.61. The van der Waals surface area contributed by atoms with Crippen LogP contribution in [0.2, 0.25) is 5.02 Å². The van der Waals surface area contributed by atoms with Crippen molar-refractivity contribution in [2.24, 2.45) is 5.73 Å². The third-order valence-corrected chi connectivity index (χ3v) is 5.49. The highest BCUT2D eigenvalue weighted by Crippen LogP contribution is 2.15. The Kier molecular flexibility index (Phi) is 5.44. The average Bonchev–Trinajstić information content (AvgIpc) is 2.47. The van der Waals surface area contributed by atoms with Crippen molar-refractivity contribution in [2.75, 3.05) is 13.1 Å². The van der Waals surface area contributed by atoms with Gasteiger partial charge in [0.05, 0.1) is 10.9 Å². The van der Waals surface area contributed by atoms with Crippen molar-refractivity contribution in [2.45, 2.75) is 36.7 Å². The first-order chi connectivity index (χ1) is 10.3. The number of likely N-dealkylation sites (tertiary alicyclic amines) is 1. The molecule has 0 radical (unpaired) electrons.